The SMILES string of the molecule is CCS(=O)(=O)N1CCC(c2c[nH]c3c(C(N)=O)cc(-c4csc(CN(C)CCCN(C)C)c4)cc23)CC1.O=C(O)C(F)(F)F. The molecule has 4 rings (SSSR count). The monoisotopic (exact) mass is 659 g/mol. The molecule has 1 aromatic carbocycles. The zero-order valence-corrected chi connectivity index (χ0v) is 26.9. The van der Waals surface area contributed by atoms with E-state index in [0.717, 1.165) is 66.5 Å². The molecule has 3 heterocycles. The summed E-state index contributed by atoms with van der Waals surface area (Å²) >= 11 is 1.73. The van der Waals surface area contributed by atoms with Crippen LogP contribution < -0.4 is 5.73 Å². The summed E-state index contributed by atoms with van der Waals surface area (Å²) < 4.78 is 57.9. The number of halogens is 3. The maximum atomic E-state index is 12.4. The number of hydrogen-bond acceptors (Lipinski definition) is 7. The summed E-state index contributed by atoms with van der Waals surface area (Å²) in [5.41, 5.74) is 10.2. The lowest BCUT2D eigenvalue weighted by molar-refractivity contribution is -0.192. The van der Waals surface area contributed by atoms with Crippen molar-refractivity contribution in [2.45, 2.75) is 44.8 Å². The summed E-state index contributed by atoms with van der Waals surface area (Å²) in [6.45, 7) is 5.72. The zero-order valence-electron chi connectivity index (χ0n) is 25.3. The molecule has 15 heteroatoms. The quantitative estimate of drug-likeness (QED) is 0.275. The van der Waals surface area contributed by atoms with Crippen LogP contribution in [-0.4, -0.2) is 104 Å². The van der Waals surface area contributed by atoms with Crippen molar-refractivity contribution >= 4 is 44.1 Å². The number of primary amides is 1. The summed E-state index contributed by atoms with van der Waals surface area (Å²) in [7, 11) is 3.17. The molecule has 4 N–H and O–H groups in total. The van der Waals surface area contributed by atoms with E-state index < -0.39 is 28.1 Å². The first-order chi connectivity index (χ1) is 20.5. The Morgan fingerprint density at radius 2 is 1.75 bits per heavy atom. The number of thiophene rings is 1. The minimum Gasteiger partial charge on any atom is -0.475 e. The number of carbonyl (C=O) groups is 2. The smallest absolute Gasteiger partial charge is 0.475 e. The summed E-state index contributed by atoms with van der Waals surface area (Å²) in [6, 6.07) is 6.24. The minimum absolute atomic E-state index is 0.130. The van der Waals surface area contributed by atoms with E-state index >= 15 is 0 Å². The molecular weight excluding hydrogens is 619 g/mol. The molecule has 0 radical (unpaired) electrons. The molecule has 44 heavy (non-hydrogen) atoms. The normalized spacial score (nSPS) is 15.1. The molecule has 1 amide bonds. The highest BCUT2D eigenvalue weighted by Crippen LogP contribution is 2.38. The van der Waals surface area contributed by atoms with Gasteiger partial charge in [-0.15, -0.1) is 11.3 Å². The Kier molecular flexibility index (Phi) is 12.0. The molecule has 1 aliphatic heterocycles. The molecule has 0 aliphatic carbocycles. The van der Waals surface area contributed by atoms with E-state index in [0.29, 0.717) is 18.7 Å². The third-order valence-corrected chi connectivity index (χ3v) is 10.3. The van der Waals surface area contributed by atoms with Crippen LogP contribution in [-0.2, 0) is 21.4 Å². The molecule has 0 atom stereocenters. The number of fused-ring (bicyclic) bond motifs is 1. The van der Waals surface area contributed by atoms with Gasteiger partial charge in [0.15, 0.2) is 0 Å². The van der Waals surface area contributed by atoms with Gasteiger partial charge in [0.25, 0.3) is 5.91 Å². The van der Waals surface area contributed by atoms with Gasteiger partial charge in [0.1, 0.15) is 0 Å². The first-order valence-electron chi connectivity index (χ1n) is 14.2. The molecule has 2 aromatic heterocycles. The molecule has 1 saturated heterocycles. The molecule has 1 fully saturated rings. The third-order valence-electron chi connectivity index (χ3n) is 7.54. The van der Waals surface area contributed by atoms with Gasteiger partial charge in [-0.2, -0.15) is 13.2 Å². The fourth-order valence-electron chi connectivity index (χ4n) is 5.20. The highest BCUT2D eigenvalue weighted by atomic mass is 32.2. The number of aromatic nitrogens is 1. The van der Waals surface area contributed by atoms with E-state index in [4.69, 9.17) is 15.6 Å². The lowest BCUT2D eigenvalue weighted by Gasteiger charge is -2.31. The lowest BCUT2D eigenvalue weighted by Crippen LogP contribution is -2.38. The van der Waals surface area contributed by atoms with E-state index in [1.165, 1.54) is 4.88 Å². The largest absolute Gasteiger partial charge is 0.490 e. The van der Waals surface area contributed by atoms with Crippen LogP contribution in [0.5, 0.6) is 0 Å². The van der Waals surface area contributed by atoms with E-state index in [2.05, 4.69) is 53.4 Å². The van der Waals surface area contributed by atoms with Crippen LogP contribution in [0.15, 0.2) is 29.8 Å². The number of amides is 1. The molecule has 1 aliphatic rings. The molecule has 0 spiro atoms. The fourth-order valence-corrected chi connectivity index (χ4v) is 7.30. The second kappa shape index (κ2) is 14.9. The van der Waals surface area contributed by atoms with E-state index in [-0.39, 0.29) is 11.7 Å². The van der Waals surface area contributed by atoms with Gasteiger partial charge in [-0.3, -0.25) is 4.79 Å². The van der Waals surface area contributed by atoms with Crippen molar-refractivity contribution in [1.29, 1.82) is 0 Å². The molecule has 10 nitrogen and oxygen atoms in total. The van der Waals surface area contributed by atoms with Crippen molar-refractivity contribution in [3.63, 3.8) is 0 Å². The Morgan fingerprint density at radius 1 is 1.11 bits per heavy atom. The van der Waals surface area contributed by atoms with Crippen molar-refractivity contribution in [3.05, 3.63) is 45.8 Å². The highest BCUT2D eigenvalue weighted by molar-refractivity contribution is 7.89. The Bertz CT molecular complexity index is 1540. The Hall–Kier alpha value is -2.98. The van der Waals surface area contributed by atoms with Crippen LogP contribution in [0.1, 0.15) is 52.9 Å². The highest BCUT2D eigenvalue weighted by Gasteiger charge is 2.38. The predicted octanol–water partition coefficient (Wildman–Crippen LogP) is 4.54. The second-order valence-corrected chi connectivity index (χ2v) is 14.4. The summed E-state index contributed by atoms with van der Waals surface area (Å²) in [5, 5.41) is 10.3. The second-order valence-electron chi connectivity index (χ2n) is 11.1. The number of carboxylic acids is 1. The summed E-state index contributed by atoms with van der Waals surface area (Å²) in [4.78, 5) is 30.4. The van der Waals surface area contributed by atoms with Crippen LogP contribution in [0, 0.1) is 0 Å². The van der Waals surface area contributed by atoms with Crippen molar-refractivity contribution in [3.8, 4) is 11.1 Å². The Balaban J connectivity index is 0.000000676. The van der Waals surface area contributed by atoms with E-state index in [9.17, 15) is 26.4 Å². The number of nitrogens with zero attached hydrogens (tertiary/aromatic N) is 3. The van der Waals surface area contributed by atoms with Crippen molar-refractivity contribution in [2.24, 2.45) is 5.73 Å². The minimum atomic E-state index is -5.08. The number of carbonyl (C=O) groups excluding carboxylic acids is 1. The first kappa shape index (κ1) is 35.5. The molecule has 0 bridgehead atoms. The fraction of sp³-hybridized carbons (Fsp3) is 0.517. The van der Waals surface area contributed by atoms with E-state index in [1.54, 1.807) is 22.6 Å². The van der Waals surface area contributed by atoms with Gasteiger partial charge in [0.2, 0.25) is 10.0 Å². The predicted molar refractivity (Wildman–Crippen MR) is 166 cm³/mol. The number of H-pyrrole nitrogens is 1. The van der Waals surface area contributed by atoms with Crippen LogP contribution >= 0.6 is 11.3 Å². The number of alkyl halides is 3. The molecule has 3 aromatic rings. The number of nitrogens with two attached hydrogens (primary N) is 1. The van der Waals surface area contributed by atoms with Crippen LogP contribution in [0.3, 0.4) is 0 Å². The summed E-state index contributed by atoms with van der Waals surface area (Å²) in [5.74, 6) is -2.86. The first-order valence-corrected chi connectivity index (χ1v) is 16.7. The van der Waals surface area contributed by atoms with E-state index in [1.807, 2.05) is 12.3 Å². The molecular formula is C29H40F3N5O5S2. The van der Waals surface area contributed by atoms with Crippen molar-refractivity contribution in [2.75, 3.05) is 53.1 Å². The standard InChI is InChI=1S/C27H39N5O3S2.C2HF3O2/c1-5-37(34,35)32-11-7-19(8-12-32)25-16-29-26-23(25)14-20(15-24(26)27(28)33)21-13-22(36-18-21)17-31(4)10-6-9-30(2)3;3-2(4,5)1(6)7/h13-16,18-19,29H,5-12,17H2,1-4H3,(H2,28,33);(H,6,7). The number of rotatable bonds is 11. The number of aliphatic carboxylic acids is 1. The van der Waals surface area contributed by atoms with Gasteiger partial charge in [0, 0.05) is 36.1 Å². The average molecular weight is 660 g/mol. The van der Waals surface area contributed by atoms with Crippen LogP contribution in [0.25, 0.3) is 22.0 Å². The van der Waals surface area contributed by atoms with Gasteiger partial charge < -0.3 is 25.6 Å². The number of carboxylic acid groups (broad SMARTS) is 1. The number of piperidine rings is 1. The summed E-state index contributed by atoms with van der Waals surface area (Å²) in [6.07, 6.45) is -0.479. The topological polar surface area (TPSA) is 140 Å². The molecule has 0 saturated carbocycles. The third kappa shape index (κ3) is 9.27. The molecule has 244 valence electrons. The number of benzene rings is 1. The lowest BCUT2D eigenvalue weighted by atomic mass is 9.88. The average Bonchev–Trinajstić information content (AvgIpc) is 3.59. The molecule has 0 unspecified atom stereocenters. The maximum absolute atomic E-state index is 12.4. The number of aromatic amines is 1. The maximum Gasteiger partial charge on any atom is 0.490 e. The Labute approximate surface area is 259 Å². The van der Waals surface area contributed by atoms with Gasteiger partial charge in [0.05, 0.1) is 16.8 Å². The zero-order chi connectivity index (χ0) is 32.8. The van der Waals surface area contributed by atoms with Gasteiger partial charge in [-0.1, -0.05) is 0 Å². The number of nitrogens with one attached hydrogen (secondary N) is 1. The van der Waals surface area contributed by atoms with Crippen molar-refractivity contribution < 1.29 is 36.3 Å². The number of hydrogen-bond donors (Lipinski definition) is 3. The number of sulfonamides is 1. The van der Waals surface area contributed by atoms with Gasteiger partial charge >= 0.3 is 12.1 Å². The van der Waals surface area contributed by atoms with Crippen LogP contribution in [0.2, 0.25) is 0 Å². The van der Waals surface area contributed by atoms with Gasteiger partial charge in [-0.05, 0) is 107 Å². The van der Waals surface area contributed by atoms with Crippen molar-refractivity contribution in [1.82, 2.24) is 19.1 Å². The van der Waals surface area contributed by atoms with Gasteiger partial charge in [-0.25, -0.2) is 17.5 Å². The Morgan fingerprint density at radius 3 is 2.30 bits per heavy atom. The van der Waals surface area contributed by atoms with Crippen LogP contribution in [0.4, 0.5) is 13.2 Å².